The van der Waals surface area contributed by atoms with Gasteiger partial charge in [-0.25, -0.2) is 19.6 Å². The molecule has 0 unspecified atom stereocenters. The van der Waals surface area contributed by atoms with Gasteiger partial charge in [-0.15, -0.1) is 0 Å². The van der Waals surface area contributed by atoms with Crippen LogP contribution in [0.25, 0.3) is 0 Å². The van der Waals surface area contributed by atoms with Gasteiger partial charge in [-0.2, -0.15) is 0 Å². The lowest BCUT2D eigenvalue weighted by molar-refractivity contribution is -0.140. The summed E-state index contributed by atoms with van der Waals surface area (Å²) in [4.78, 5) is 40.1. The summed E-state index contributed by atoms with van der Waals surface area (Å²) in [6.45, 7) is 0. The predicted molar refractivity (Wildman–Crippen MR) is 59.4 cm³/mol. The Morgan fingerprint density at radius 1 is 1.33 bits per heavy atom. The largest absolute Gasteiger partial charge is 0.480 e. The van der Waals surface area contributed by atoms with E-state index < -0.39 is 30.4 Å². The number of nitrogens with two attached hydrogens (primary N) is 1. The number of carbonyl (C=O) groups excluding carboxylic acids is 2. The van der Waals surface area contributed by atoms with E-state index in [9.17, 15) is 14.4 Å². The molecule has 96 valence electrons. The van der Waals surface area contributed by atoms with Gasteiger partial charge in [0.2, 0.25) is 5.91 Å². The van der Waals surface area contributed by atoms with Gasteiger partial charge in [0.25, 0.3) is 0 Å². The second kappa shape index (κ2) is 6.13. The number of nitrogens with one attached hydrogen (secondary N) is 2. The number of rotatable bonds is 5. The first kappa shape index (κ1) is 13.4. The van der Waals surface area contributed by atoms with Crippen LogP contribution in [0, 0.1) is 0 Å². The van der Waals surface area contributed by atoms with Crippen LogP contribution < -0.4 is 16.4 Å². The molecule has 0 aliphatic heterocycles. The van der Waals surface area contributed by atoms with Crippen molar-refractivity contribution in [1.29, 1.82) is 0 Å². The van der Waals surface area contributed by atoms with Crippen LogP contribution in [0.5, 0.6) is 0 Å². The summed E-state index contributed by atoms with van der Waals surface area (Å²) >= 11 is 0. The molecule has 1 aromatic rings. The van der Waals surface area contributed by atoms with Crippen LogP contribution in [0.3, 0.4) is 0 Å². The molecule has 0 aliphatic rings. The lowest BCUT2D eigenvalue weighted by Gasteiger charge is -2.13. The number of urea groups is 1. The van der Waals surface area contributed by atoms with E-state index in [1.54, 1.807) is 0 Å². The highest BCUT2D eigenvalue weighted by Gasteiger charge is 2.22. The van der Waals surface area contributed by atoms with Gasteiger partial charge in [-0.1, -0.05) is 0 Å². The third-order valence-electron chi connectivity index (χ3n) is 1.83. The molecule has 0 fully saturated rings. The number of hydrogen-bond donors (Lipinski definition) is 4. The molecule has 0 aliphatic carbocycles. The van der Waals surface area contributed by atoms with Crippen molar-refractivity contribution in [2.24, 2.45) is 5.73 Å². The van der Waals surface area contributed by atoms with Crippen LogP contribution in [0.4, 0.5) is 10.5 Å². The molecule has 0 aromatic carbocycles. The van der Waals surface area contributed by atoms with Crippen molar-refractivity contribution in [3.05, 3.63) is 18.7 Å². The molecule has 0 saturated heterocycles. The smallest absolute Gasteiger partial charge is 0.326 e. The lowest BCUT2D eigenvalue weighted by Crippen LogP contribution is -2.45. The van der Waals surface area contributed by atoms with Crippen LogP contribution in [0.15, 0.2) is 18.7 Å². The van der Waals surface area contributed by atoms with E-state index >= 15 is 0 Å². The average Bonchev–Trinajstić information content (AvgIpc) is 2.28. The summed E-state index contributed by atoms with van der Waals surface area (Å²) in [5, 5.41) is 13.2. The minimum absolute atomic E-state index is 0.290. The second-order valence-corrected chi connectivity index (χ2v) is 3.29. The van der Waals surface area contributed by atoms with Crippen LogP contribution in [-0.4, -0.2) is 39.0 Å². The Morgan fingerprint density at radius 2 is 1.94 bits per heavy atom. The maximum absolute atomic E-state index is 11.4. The molecule has 3 amide bonds. The van der Waals surface area contributed by atoms with Crippen molar-refractivity contribution in [2.75, 3.05) is 5.32 Å². The molecule has 0 spiro atoms. The van der Waals surface area contributed by atoms with Crippen LogP contribution in [0.2, 0.25) is 0 Å². The topological polar surface area (TPSA) is 147 Å². The van der Waals surface area contributed by atoms with Crippen LogP contribution in [0.1, 0.15) is 6.42 Å². The molecule has 9 nitrogen and oxygen atoms in total. The van der Waals surface area contributed by atoms with E-state index in [-0.39, 0.29) is 0 Å². The summed E-state index contributed by atoms with van der Waals surface area (Å²) in [6, 6.07) is -2.18. The molecule has 1 rings (SSSR count). The van der Waals surface area contributed by atoms with Gasteiger partial charge >= 0.3 is 12.0 Å². The van der Waals surface area contributed by atoms with Gasteiger partial charge in [-0.3, -0.25) is 4.79 Å². The first-order valence-electron chi connectivity index (χ1n) is 4.82. The highest BCUT2D eigenvalue weighted by Crippen LogP contribution is 2.00. The number of carboxylic acid groups (broad SMARTS) is 1. The normalized spacial score (nSPS) is 11.3. The molecule has 1 aromatic heterocycles. The van der Waals surface area contributed by atoms with Crippen LogP contribution >= 0.6 is 0 Å². The highest BCUT2D eigenvalue weighted by molar-refractivity contribution is 5.93. The number of carbonyl (C=O) groups is 3. The molecule has 1 heterocycles. The number of carboxylic acids is 1. The molecular formula is C9H11N5O4. The Kier molecular flexibility index (Phi) is 4.55. The zero-order valence-electron chi connectivity index (χ0n) is 9.16. The van der Waals surface area contributed by atoms with E-state index in [1.165, 1.54) is 18.7 Å². The molecule has 18 heavy (non-hydrogen) atoms. The first-order chi connectivity index (χ1) is 8.49. The Morgan fingerprint density at radius 3 is 2.44 bits per heavy atom. The third kappa shape index (κ3) is 4.43. The van der Waals surface area contributed by atoms with Gasteiger partial charge in [0.1, 0.15) is 12.4 Å². The van der Waals surface area contributed by atoms with Gasteiger partial charge in [0, 0.05) is 0 Å². The summed E-state index contributed by atoms with van der Waals surface area (Å²) < 4.78 is 0. The Labute approximate surface area is 101 Å². The maximum Gasteiger partial charge on any atom is 0.326 e. The number of nitrogens with zero attached hydrogens (tertiary/aromatic N) is 2. The SMILES string of the molecule is NC(=O)C[C@@H](NC(=O)Nc1cncnc1)C(=O)O. The van der Waals surface area contributed by atoms with Crippen molar-refractivity contribution in [2.45, 2.75) is 12.5 Å². The standard InChI is InChI=1S/C9H11N5O4/c10-7(15)1-6(8(16)17)14-9(18)13-5-2-11-4-12-3-5/h2-4,6H,1H2,(H2,10,15)(H,16,17)(H2,13,14,18)/t6-/m1/s1. The monoisotopic (exact) mass is 253 g/mol. The first-order valence-corrected chi connectivity index (χ1v) is 4.82. The van der Waals surface area contributed by atoms with Gasteiger partial charge in [0.05, 0.1) is 24.5 Å². The van der Waals surface area contributed by atoms with E-state index in [0.29, 0.717) is 5.69 Å². The lowest BCUT2D eigenvalue weighted by atomic mass is 10.2. The Hall–Kier alpha value is -2.71. The molecule has 0 bridgehead atoms. The van der Waals surface area contributed by atoms with Crippen LogP contribution in [-0.2, 0) is 9.59 Å². The zero-order chi connectivity index (χ0) is 13.5. The van der Waals surface area contributed by atoms with Crippen molar-refractivity contribution in [1.82, 2.24) is 15.3 Å². The number of aromatic nitrogens is 2. The fourth-order valence-electron chi connectivity index (χ4n) is 1.09. The number of primary amides is 1. The minimum Gasteiger partial charge on any atom is -0.480 e. The minimum atomic E-state index is -1.38. The van der Waals surface area contributed by atoms with Crippen molar-refractivity contribution in [3.8, 4) is 0 Å². The number of amides is 3. The fraction of sp³-hybridized carbons (Fsp3) is 0.222. The van der Waals surface area contributed by atoms with Gasteiger partial charge < -0.3 is 21.5 Å². The number of aliphatic carboxylic acids is 1. The number of anilines is 1. The molecule has 9 heteroatoms. The predicted octanol–water partition coefficient (Wildman–Crippen LogP) is -1.07. The summed E-state index contributed by atoms with van der Waals surface area (Å²) in [6.07, 6.45) is 3.44. The van der Waals surface area contributed by atoms with E-state index in [2.05, 4.69) is 20.6 Å². The Balaban J connectivity index is 2.56. The summed E-state index contributed by atoms with van der Waals surface area (Å²) in [5.74, 6) is -2.18. The van der Waals surface area contributed by atoms with Gasteiger partial charge in [0.15, 0.2) is 0 Å². The fourth-order valence-corrected chi connectivity index (χ4v) is 1.09. The van der Waals surface area contributed by atoms with Crippen molar-refractivity contribution < 1.29 is 19.5 Å². The van der Waals surface area contributed by atoms with E-state index in [1.807, 2.05) is 0 Å². The van der Waals surface area contributed by atoms with E-state index in [0.717, 1.165) is 0 Å². The second-order valence-electron chi connectivity index (χ2n) is 3.29. The molecule has 0 saturated carbocycles. The van der Waals surface area contributed by atoms with E-state index in [4.69, 9.17) is 10.8 Å². The summed E-state index contributed by atoms with van der Waals surface area (Å²) in [5.41, 5.74) is 5.16. The van der Waals surface area contributed by atoms with Crippen molar-refractivity contribution >= 4 is 23.6 Å². The molecule has 0 radical (unpaired) electrons. The average molecular weight is 253 g/mol. The maximum atomic E-state index is 11.4. The summed E-state index contributed by atoms with van der Waals surface area (Å²) in [7, 11) is 0. The molecule has 5 N–H and O–H groups in total. The van der Waals surface area contributed by atoms with Gasteiger partial charge in [-0.05, 0) is 0 Å². The number of hydrogen-bond acceptors (Lipinski definition) is 5. The third-order valence-corrected chi connectivity index (χ3v) is 1.83. The molecular weight excluding hydrogens is 242 g/mol. The molecule has 1 atom stereocenters. The quantitative estimate of drug-likeness (QED) is 0.525. The zero-order valence-corrected chi connectivity index (χ0v) is 9.16. The van der Waals surface area contributed by atoms with Crippen molar-refractivity contribution in [3.63, 3.8) is 0 Å². The highest BCUT2D eigenvalue weighted by atomic mass is 16.4. The Bertz CT molecular complexity index is 450.